The second-order valence-electron chi connectivity index (χ2n) is 5.90. The van der Waals surface area contributed by atoms with Gasteiger partial charge in [0.1, 0.15) is 12.3 Å². The van der Waals surface area contributed by atoms with Crippen molar-refractivity contribution in [1.82, 2.24) is 0 Å². The van der Waals surface area contributed by atoms with E-state index in [9.17, 15) is 13.2 Å². The molecule has 0 aromatic heterocycles. The minimum atomic E-state index is -3.74. The number of carbonyl (C=O) groups excluding carboxylic acids is 1. The topological polar surface area (TPSA) is 75.7 Å². The van der Waals surface area contributed by atoms with Crippen molar-refractivity contribution in [3.8, 4) is 5.75 Å². The number of aryl methyl sites for hydroxylation is 2. The van der Waals surface area contributed by atoms with E-state index in [4.69, 9.17) is 16.3 Å². The zero-order valence-corrected chi connectivity index (χ0v) is 16.6. The van der Waals surface area contributed by atoms with E-state index in [2.05, 4.69) is 5.32 Å². The molecule has 2 rings (SSSR count). The van der Waals surface area contributed by atoms with Crippen LogP contribution in [0.4, 0.5) is 11.4 Å². The maximum Gasteiger partial charge on any atom is 0.245 e. The van der Waals surface area contributed by atoms with Crippen molar-refractivity contribution in [3.63, 3.8) is 0 Å². The van der Waals surface area contributed by atoms with Gasteiger partial charge in [-0.3, -0.25) is 9.10 Å². The number of methoxy groups -OCH3 is 1. The number of benzene rings is 2. The number of halogens is 1. The van der Waals surface area contributed by atoms with Gasteiger partial charge in [0, 0.05) is 10.7 Å². The monoisotopic (exact) mass is 396 g/mol. The first-order valence-corrected chi connectivity index (χ1v) is 10.0. The van der Waals surface area contributed by atoms with E-state index >= 15 is 0 Å². The quantitative estimate of drug-likeness (QED) is 0.812. The lowest BCUT2D eigenvalue weighted by atomic mass is 10.1. The molecule has 0 bridgehead atoms. The van der Waals surface area contributed by atoms with Crippen molar-refractivity contribution in [3.05, 3.63) is 52.5 Å². The molecule has 0 unspecified atom stereocenters. The molecule has 2 aromatic rings. The Hall–Kier alpha value is -2.25. The van der Waals surface area contributed by atoms with Crippen LogP contribution in [0.15, 0.2) is 36.4 Å². The molecule has 2 aromatic carbocycles. The van der Waals surface area contributed by atoms with Crippen LogP contribution in [0.25, 0.3) is 0 Å². The van der Waals surface area contributed by atoms with Crippen LogP contribution in [0.2, 0.25) is 5.02 Å². The van der Waals surface area contributed by atoms with Crippen molar-refractivity contribution in [1.29, 1.82) is 0 Å². The SMILES string of the molecule is COc1ccc(Cl)cc1N(CC(=O)Nc1c(C)cccc1C)S(C)(=O)=O. The highest BCUT2D eigenvalue weighted by atomic mass is 35.5. The lowest BCUT2D eigenvalue weighted by Gasteiger charge is -2.24. The van der Waals surface area contributed by atoms with Gasteiger partial charge in [-0.05, 0) is 43.2 Å². The van der Waals surface area contributed by atoms with E-state index in [1.165, 1.54) is 13.2 Å². The van der Waals surface area contributed by atoms with Crippen LogP contribution >= 0.6 is 11.6 Å². The van der Waals surface area contributed by atoms with Crippen LogP contribution in [0.5, 0.6) is 5.75 Å². The molecule has 0 aliphatic rings. The van der Waals surface area contributed by atoms with Crippen molar-refractivity contribution in [2.75, 3.05) is 29.5 Å². The summed E-state index contributed by atoms with van der Waals surface area (Å²) in [5, 5.41) is 3.12. The average Bonchev–Trinajstić information content (AvgIpc) is 2.55. The highest BCUT2D eigenvalue weighted by Gasteiger charge is 2.24. The van der Waals surface area contributed by atoms with Gasteiger partial charge in [0.05, 0.1) is 19.1 Å². The maximum absolute atomic E-state index is 12.5. The highest BCUT2D eigenvalue weighted by molar-refractivity contribution is 7.92. The van der Waals surface area contributed by atoms with Gasteiger partial charge < -0.3 is 10.1 Å². The number of sulfonamides is 1. The molecule has 0 aliphatic carbocycles. The van der Waals surface area contributed by atoms with Crippen LogP contribution in [0.1, 0.15) is 11.1 Å². The third kappa shape index (κ3) is 4.68. The number of ether oxygens (including phenoxy) is 1. The molecule has 0 spiro atoms. The second-order valence-corrected chi connectivity index (χ2v) is 8.24. The van der Waals surface area contributed by atoms with Crippen LogP contribution in [-0.4, -0.2) is 34.2 Å². The lowest BCUT2D eigenvalue weighted by molar-refractivity contribution is -0.114. The summed E-state index contributed by atoms with van der Waals surface area (Å²) in [4.78, 5) is 12.5. The van der Waals surface area contributed by atoms with Crippen molar-refractivity contribution < 1.29 is 17.9 Å². The highest BCUT2D eigenvalue weighted by Crippen LogP contribution is 2.32. The van der Waals surface area contributed by atoms with E-state index in [1.807, 2.05) is 32.0 Å². The number of amides is 1. The Morgan fingerprint density at radius 2 is 1.81 bits per heavy atom. The fraction of sp³-hybridized carbons (Fsp3) is 0.278. The molecule has 0 aliphatic heterocycles. The lowest BCUT2D eigenvalue weighted by Crippen LogP contribution is -2.37. The summed E-state index contributed by atoms with van der Waals surface area (Å²) in [6.07, 6.45) is 1.03. The van der Waals surface area contributed by atoms with Crippen molar-refractivity contribution >= 4 is 38.9 Å². The van der Waals surface area contributed by atoms with Crippen LogP contribution < -0.4 is 14.4 Å². The fourth-order valence-corrected chi connectivity index (χ4v) is 3.58. The molecule has 0 radical (unpaired) electrons. The summed E-state index contributed by atoms with van der Waals surface area (Å²) in [6, 6.07) is 10.2. The third-order valence-electron chi connectivity index (χ3n) is 3.84. The Morgan fingerprint density at radius 3 is 2.35 bits per heavy atom. The predicted molar refractivity (Wildman–Crippen MR) is 105 cm³/mol. The van der Waals surface area contributed by atoms with E-state index in [0.29, 0.717) is 16.5 Å². The number of rotatable bonds is 6. The maximum atomic E-state index is 12.5. The minimum Gasteiger partial charge on any atom is -0.495 e. The van der Waals surface area contributed by atoms with Crippen molar-refractivity contribution in [2.24, 2.45) is 0 Å². The summed E-state index contributed by atoms with van der Waals surface area (Å²) in [7, 11) is -2.32. The number of hydrogen-bond donors (Lipinski definition) is 1. The van der Waals surface area contributed by atoms with E-state index in [-0.39, 0.29) is 5.69 Å². The number of carbonyl (C=O) groups is 1. The predicted octanol–water partition coefficient (Wildman–Crippen LogP) is 3.37. The molecule has 0 saturated heterocycles. The van der Waals surface area contributed by atoms with Gasteiger partial charge in [-0.2, -0.15) is 0 Å². The van der Waals surface area contributed by atoms with Gasteiger partial charge in [-0.15, -0.1) is 0 Å². The van der Waals surface area contributed by atoms with E-state index < -0.39 is 22.5 Å². The number of anilines is 2. The van der Waals surface area contributed by atoms with E-state index in [1.54, 1.807) is 12.1 Å². The molecular formula is C18H21ClN2O4S. The van der Waals surface area contributed by atoms with Crippen LogP contribution in [-0.2, 0) is 14.8 Å². The molecule has 1 N–H and O–H groups in total. The van der Waals surface area contributed by atoms with Gasteiger partial charge in [-0.25, -0.2) is 8.42 Å². The van der Waals surface area contributed by atoms with Gasteiger partial charge in [0.15, 0.2) is 0 Å². The van der Waals surface area contributed by atoms with Crippen LogP contribution in [0.3, 0.4) is 0 Å². The van der Waals surface area contributed by atoms with Gasteiger partial charge >= 0.3 is 0 Å². The largest absolute Gasteiger partial charge is 0.495 e. The molecule has 1 amide bonds. The Balaban J connectivity index is 2.36. The number of nitrogens with one attached hydrogen (secondary N) is 1. The summed E-state index contributed by atoms with van der Waals surface area (Å²) in [5.74, 6) is -0.158. The molecule has 0 atom stereocenters. The fourth-order valence-electron chi connectivity index (χ4n) is 2.56. The molecule has 8 heteroatoms. The smallest absolute Gasteiger partial charge is 0.245 e. The second kappa shape index (κ2) is 7.97. The summed E-state index contributed by atoms with van der Waals surface area (Å²) >= 11 is 6.00. The molecule has 6 nitrogen and oxygen atoms in total. The molecule has 140 valence electrons. The number of para-hydroxylation sites is 1. The zero-order valence-electron chi connectivity index (χ0n) is 15.0. The minimum absolute atomic E-state index is 0.208. The van der Waals surface area contributed by atoms with E-state index in [0.717, 1.165) is 21.7 Å². The molecule has 26 heavy (non-hydrogen) atoms. The van der Waals surface area contributed by atoms with Gasteiger partial charge in [0.25, 0.3) is 0 Å². The molecule has 0 fully saturated rings. The zero-order chi connectivity index (χ0) is 19.5. The van der Waals surface area contributed by atoms with Gasteiger partial charge in [-0.1, -0.05) is 29.8 Å². The average molecular weight is 397 g/mol. The summed E-state index contributed by atoms with van der Waals surface area (Å²) < 4.78 is 30.8. The summed E-state index contributed by atoms with van der Waals surface area (Å²) in [6.45, 7) is 3.34. The van der Waals surface area contributed by atoms with Crippen LogP contribution in [0, 0.1) is 13.8 Å². The third-order valence-corrected chi connectivity index (χ3v) is 5.20. The standard InChI is InChI=1S/C18H21ClN2O4S/c1-12-6-5-7-13(2)18(12)20-17(22)11-21(26(4,23)24)15-10-14(19)8-9-16(15)25-3/h5-10H,11H2,1-4H3,(H,20,22). The first-order valence-electron chi connectivity index (χ1n) is 7.81. The normalized spacial score (nSPS) is 11.1. The van der Waals surface area contributed by atoms with Crippen molar-refractivity contribution in [2.45, 2.75) is 13.8 Å². The molecular weight excluding hydrogens is 376 g/mol. The Morgan fingerprint density at radius 1 is 1.19 bits per heavy atom. The summed E-state index contributed by atoms with van der Waals surface area (Å²) in [5.41, 5.74) is 2.66. The number of nitrogens with zero attached hydrogens (tertiary/aromatic N) is 1. The first kappa shape index (κ1) is 20.1. The molecule has 0 heterocycles. The Bertz CT molecular complexity index is 909. The molecule has 0 saturated carbocycles. The Labute approximate surface area is 158 Å². The number of hydrogen-bond acceptors (Lipinski definition) is 4. The van der Waals surface area contributed by atoms with Gasteiger partial charge in [0.2, 0.25) is 15.9 Å². The Kier molecular flexibility index (Phi) is 6.15. The first-order chi connectivity index (χ1) is 12.1.